The highest BCUT2D eigenvalue weighted by Gasteiger charge is 2.22. The summed E-state index contributed by atoms with van der Waals surface area (Å²) in [5.74, 6) is 0.103. The number of carbonyl (C=O) groups excluding carboxylic acids is 1. The Kier molecular flexibility index (Phi) is 6.26. The molecule has 0 spiro atoms. The number of ether oxygens (including phenoxy) is 1. The van der Waals surface area contributed by atoms with Crippen molar-refractivity contribution in [3.63, 3.8) is 0 Å². The normalized spacial score (nSPS) is 11.1. The summed E-state index contributed by atoms with van der Waals surface area (Å²) >= 11 is 5.94. The zero-order valence-corrected chi connectivity index (χ0v) is 16.6. The van der Waals surface area contributed by atoms with Gasteiger partial charge in [-0.3, -0.25) is 4.79 Å². The van der Waals surface area contributed by atoms with Crippen molar-refractivity contribution in [3.05, 3.63) is 88.8 Å². The number of nitrogens with zero attached hydrogens (tertiary/aromatic N) is 2. The summed E-state index contributed by atoms with van der Waals surface area (Å²) in [6.07, 6.45) is 2.88. The maximum Gasteiger partial charge on any atom is 0.271 e. The molecule has 144 valence electrons. The first-order valence-electron chi connectivity index (χ1n) is 8.97. The predicted molar refractivity (Wildman–Crippen MR) is 110 cm³/mol. The molecule has 1 aromatic heterocycles. The van der Waals surface area contributed by atoms with Crippen LogP contribution in [-0.4, -0.2) is 22.4 Å². The first-order valence-corrected chi connectivity index (χ1v) is 9.35. The van der Waals surface area contributed by atoms with Gasteiger partial charge in [0, 0.05) is 17.0 Å². The molecule has 0 saturated heterocycles. The van der Waals surface area contributed by atoms with E-state index in [2.05, 4.69) is 29.1 Å². The van der Waals surface area contributed by atoms with Gasteiger partial charge in [0.1, 0.15) is 12.3 Å². The van der Waals surface area contributed by atoms with E-state index in [4.69, 9.17) is 16.3 Å². The van der Waals surface area contributed by atoms with Crippen LogP contribution < -0.4 is 10.1 Å². The van der Waals surface area contributed by atoms with E-state index >= 15 is 0 Å². The molecule has 0 aliphatic rings. The minimum absolute atomic E-state index is 0.244. The molecule has 5 nitrogen and oxygen atoms in total. The number of amides is 1. The maximum absolute atomic E-state index is 12.4. The third kappa shape index (κ3) is 5.30. The van der Waals surface area contributed by atoms with Crippen molar-refractivity contribution in [2.24, 2.45) is 0 Å². The number of hydrogen-bond acceptors (Lipinski definition) is 4. The van der Waals surface area contributed by atoms with Crippen molar-refractivity contribution in [2.75, 3.05) is 6.54 Å². The van der Waals surface area contributed by atoms with Gasteiger partial charge in [0.15, 0.2) is 0 Å². The van der Waals surface area contributed by atoms with Crippen LogP contribution in [0.5, 0.6) is 5.88 Å². The van der Waals surface area contributed by atoms with Crippen molar-refractivity contribution in [1.29, 1.82) is 0 Å². The van der Waals surface area contributed by atoms with Crippen LogP contribution in [0.1, 0.15) is 35.5 Å². The summed E-state index contributed by atoms with van der Waals surface area (Å²) in [6, 6.07) is 17.4. The highest BCUT2D eigenvalue weighted by molar-refractivity contribution is 6.30. The summed E-state index contributed by atoms with van der Waals surface area (Å²) in [5, 5.41) is 3.60. The van der Waals surface area contributed by atoms with Crippen LogP contribution in [0.25, 0.3) is 0 Å². The average Bonchev–Trinajstić information content (AvgIpc) is 2.72. The van der Waals surface area contributed by atoms with Crippen LogP contribution in [0.2, 0.25) is 5.02 Å². The van der Waals surface area contributed by atoms with Gasteiger partial charge in [-0.2, -0.15) is 0 Å². The van der Waals surface area contributed by atoms with E-state index in [9.17, 15) is 4.79 Å². The topological polar surface area (TPSA) is 64.1 Å². The van der Waals surface area contributed by atoms with Crippen molar-refractivity contribution in [3.8, 4) is 5.88 Å². The molecule has 0 saturated carbocycles. The van der Waals surface area contributed by atoms with E-state index in [1.165, 1.54) is 12.4 Å². The smallest absolute Gasteiger partial charge is 0.271 e. The quantitative estimate of drug-likeness (QED) is 0.643. The predicted octanol–water partition coefficient (Wildman–Crippen LogP) is 4.42. The highest BCUT2D eigenvalue weighted by Crippen LogP contribution is 2.24. The third-order valence-corrected chi connectivity index (χ3v) is 4.66. The van der Waals surface area contributed by atoms with Crippen molar-refractivity contribution >= 4 is 17.5 Å². The molecule has 3 rings (SSSR count). The molecule has 0 aliphatic carbocycles. The zero-order valence-electron chi connectivity index (χ0n) is 15.9. The number of aromatic nitrogens is 2. The molecule has 0 fully saturated rings. The van der Waals surface area contributed by atoms with Gasteiger partial charge in [0.05, 0.1) is 12.4 Å². The number of hydrogen-bond donors (Lipinski definition) is 1. The Morgan fingerprint density at radius 2 is 1.75 bits per heavy atom. The van der Waals surface area contributed by atoms with Crippen molar-refractivity contribution in [2.45, 2.75) is 25.9 Å². The second kappa shape index (κ2) is 8.85. The Morgan fingerprint density at radius 1 is 1.04 bits per heavy atom. The monoisotopic (exact) mass is 395 g/mol. The van der Waals surface area contributed by atoms with Crippen LogP contribution in [0.15, 0.2) is 67.0 Å². The van der Waals surface area contributed by atoms with Crippen LogP contribution in [-0.2, 0) is 12.0 Å². The number of rotatable bonds is 7. The molecule has 1 amide bonds. The van der Waals surface area contributed by atoms with Crippen LogP contribution in [0, 0.1) is 0 Å². The number of nitrogens with one attached hydrogen (secondary N) is 1. The second-order valence-corrected chi connectivity index (χ2v) is 7.52. The third-order valence-electron chi connectivity index (χ3n) is 4.41. The van der Waals surface area contributed by atoms with Crippen LogP contribution >= 0.6 is 11.6 Å². The van der Waals surface area contributed by atoms with Gasteiger partial charge in [0.2, 0.25) is 5.88 Å². The van der Waals surface area contributed by atoms with E-state index in [0.717, 1.165) is 11.1 Å². The number of halogens is 1. The largest absolute Gasteiger partial charge is 0.472 e. The Labute approximate surface area is 169 Å². The maximum atomic E-state index is 12.4. The molecular formula is C22H22ClN3O2. The second-order valence-electron chi connectivity index (χ2n) is 7.09. The molecule has 1 N–H and O–H groups in total. The van der Waals surface area contributed by atoms with E-state index in [1.54, 1.807) is 0 Å². The number of benzene rings is 2. The Morgan fingerprint density at radius 3 is 2.39 bits per heavy atom. The lowest BCUT2D eigenvalue weighted by Gasteiger charge is -2.25. The van der Waals surface area contributed by atoms with E-state index in [0.29, 0.717) is 24.1 Å². The summed E-state index contributed by atoms with van der Waals surface area (Å²) in [7, 11) is 0. The zero-order chi connectivity index (χ0) is 20.0. The summed E-state index contributed by atoms with van der Waals surface area (Å²) in [5.41, 5.74) is 2.13. The van der Waals surface area contributed by atoms with Gasteiger partial charge in [-0.05, 0) is 23.3 Å². The van der Waals surface area contributed by atoms with E-state index < -0.39 is 0 Å². The average molecular weight is 396 g/mol. The van der Waals surface area contributed by atoms with Gasteiger partial charge < -0.3 is 10.1 Å². The van der Waals surface area contributed by atoms with Crippen LogP contribution in [0.4, 0.5) is 0 Å². The standard InChI is InChI=1S/C22H22ClN3O2/c1-22(2,17-8-10-18(23)11-9-17)15-26-21(27)19-12-25-20(13-24-19)28-14-16-6-4-3-5-7-16/h3-13H,14-15H2,1-2H3,(H,26,27). The molecule has 0 radical (unpaired) electrons. The lowest BCUT2D eigenvalue weighted by atomic mass is 9.84. The fraction of sp³-hybridized carbons (Fsp3) is 0.227. The minimum Gasteiger partial charge on any atom is -0.472 e. The molecule has 0 atom stereocenters. The molecule has 0 unspecified atom stereocenters. The minimum atomic E-state index is -0.274. The Balaban J connectivity index is 1.54. The summed E-state index contributed by atoms with van der Waals surface area (Å²) < 4.78 is 5.59. The van der Waals surface area contributed by atoms with Crippen LogP contribution in [0.3, 0.4) is 0 Å². The molecule has 28 heavy (non-hydrogen) atoms. The highest BCUT2D eigenvalue weighted by atomic mass is 35.5. The van der Waals surface area contributed by atoms with E-state index in [-0.39, 0.29) is 17.0 Å². The summed E-state index contributed by atoms with van der Waals surface area (Å²) in [4.78, 5) is 20.7. The molecule has 1 heterocycles. The molecule has 0 aliphatic heterocycles. The Bertz CT molecular complexity index is 911. The fourth-order valence-corrected chi connectivity index (χ4v) is 2.76. The lowest BCUT2D eigenvalue weighted by Crippen LogP contribution is -2.37. The number of carbonyl (C=O) groups is 1. The SMILES string of the molecule is CC(C)(CNC(=O)c1cnc(OCc2ccccc2)cn1)c1ccc(Cl)cc1. The lowest BCUT2D eigenvalue weighted by molar-refractivity contribution is 0.0940. The van der Waals surface area contributed by atoms with Crippen molar-refractivity contribution in [1.82, 2.24) is 15.3 Å². The molecule has 2 aromatic carbocycles. The van der Waals surface area contributed by atoms with E-state index in [1.807, 2.05) is 54.6 Å². The Hall–Kier alpha value is -2.92. The van der Waals surface area contributed by atoms with Gasteiger partial charge >= 0.3 is 0 Å². The van der Waals surface area contributed by atoms with Gasteiger partial charge in [-0.15, -0.1) is 0 Å². The van der Waals surface area contributed by atoms with Gasteiger partial charge in [-0.1, -0.05) is 67.9 Å². The van der Waals surface area contributed by atoms with Crippen molar-refractivity contribution < 1.29 is 9.53 Å². The molecule has 3 aromatic rings. The first-order chi connectivity index (χ1) is 13.4. The first kappa shape index (κ1) is 19.8. The fourth-order valence-electron chi connectivity index (χ4n) is 2.63. The molecule has 6 heteroatoms. The van der Waals surface area contributed by atoms with Gasteiger partial charge in [0.25, 0.3) is 5.91 Å². The molecular weight excluding hydrogens is 374 g/mol. The van der Waals surface area contributed by atoms with Gasteiger partial charge in [-0.25, -0.2) is 9.97 Å². The molecule has 0 bridgehead atoms. The summed E-state index contributed by atoms with van der Waals surface area (Å²) in [6.45, 7) is 4.98.